The molecule has 0 aromatic heterocycles. The highest BCUT2D eigenvalue weighted by molar-refractivity contribution is 5.52. The predicted octanol–water partition coefficient (Wildman–Crippen LogP) is 1.99. The highest BCUT2D eigenvalue weighted by Crippen LogP contribution is 2.29. The second kappa shape index (κ2) is 2.34. The molecule has 0 amide bonds. The molecule has 58 valence electrons. The molecule has 2 rings (SSSR count). The molecular formula is C8H6N2O2+2. The molecule has 0 bridgehead atoms. The minimum Gasteiger partial charge on any atom is -0.0549 e. The minimum atomic E-state index is 0.384. The van der Waals surface area contributed by atoms with Gasteiger partial charge in [0.2, 0.25) is 0 Å². The molecule has 12 heavy (non-hydrogen) atoms. The average molecular weight is 162 g/mol. The first-order valence-electron chi connectivity index (χ1n) is 3.49. The Bertz CT molecular complexity index is 359. The lowest BCUT2D eigenvalue weighted by Crippen LogP contribution is -2.03. The van der Waals surface area contributed by atoms with Crippen LogP contribution in [0, 0.1) is 9.81 Å². The quantitative estimate of drug-likeness (QED) is 0.547. The van der Waals surface area contributed by atoms with Crippen molar-refractivity contribution in [3.63, 3.8) is 0 Å². The fraction of sp³-hybridized carbons (Fsp3) is 0. The Balaban J connectivity index is 2.69. The van der Waals surface area contributed by atoms with E-state index in [1.54, 1.807) is 24.3 Å². The molecule has 0 radical (unpaired) electrons. The second-order valence-electron chi connectivity index (χ2n) is 2.44. The van der Waals surface area contributed by atoms with E-state index in [4.69, 9.17) is 0 Å². The summed E-state index contributed by atoms with van der Waals surface area (Å²) in [6.45, 7) is 0. The zero-order chi connectivity index (χ0) is 8.55. The van der Waals surface area contributed by atoms with Gasteiger partial charge < -0.3 is 0 Å². The molecule has 1 heterocycles. The number of nitrogens with zero attached hydrogens (tertiary/aromatic N) is 2. The molecule has 0 unspecified atom stereocenters. The van der Waals surface area contributed by atoms with Crippen molar-refractivity contribution in [2.75, 3.05) is 0 Å². The van der Waals surface area contributed by atoms with Crippen molar-refractivity contribution >= 4 is 11.4 Å². The zero-order valence-corrected chi connectivity index (χ0v) is 6.18. The number of fused-ring (bicyclic) bond motifs is 1. The summed E-state index contributed by atoms with van der Waals surface area (Å²) in [5, 5.41) is 0. The Morgan fingerprint density at radius 3 is 1.67 bits per heavy atom. The summed E-state index contributed by atoms with van der Waals surface area (Å²) >= 11 is 0. The first kappa shape index (κ1) is 6.84. The maximum absolute atomic E-state index is 11.1. The number of hydrogen-bond acceptors (Lipinski definition) is 2. The maximum Gasteiger partial charge on any atom is 0.338 e. The van der Waals surface area contributed by atoms with E-state index in [0.29, 0.717) is 20.9 Å². The van der Waals surface area contributed by atoms with Crippen molar-refractivity contribution in [3.05, 3.63) is 46.5 Å². The van der Waals surface area contributed by atoms with Gasteiger partial charge in [-0.05, 0) is 0 Å². The van der Waals surface area contributed by atoms with Gasteiger partial charge in [0.15, 0.2) is 0 Å². The van der Waals surface area contributed by atoms with E-state index < -0.39 is 0 Å². The Morgan fingerprint density at radius 1 is 0.833 bits per heavy atom. The van der Waals surface area contributed by atoms with Crippen molar-refractivity contribution in [1.29, 1.82) is 0 Å². The second-order valence-corrected chi connectivity index (χ2v) is 2.44. The number of benzene rings is 1. The molecule has 4 heteroatoms. The first-order valence-corrected chi connectivity index (χ1v) is 3.49. The third-order valence-electron chi connectivity index (χ3n) is 1.69. The van der Waals surface area contributed by atoms with Crippen LogP contribution in [-0.4, -0.2) is 9.52 Å². The number of nitroso groups, excluding NO2 is 2. The summed E-state index contributed by atoms with van der Waals surface area (Å²) in [5.74, 6) is 0. The number of para-hydroxylation sites is 2. The molecule has 1 aromatic rings. The fourth-order valence-electron chi connectivity index (χ4n) is 1.12. The lowest BCUT2D eigenvalue weighted by molar-refractivity contribution is -0.460. The van der Waals surface area contributed by atoms with E-state index >= 15 is 0 Å². The third kappa shape index (κ3) is 0.852. The first-order chi connectivity index (χ1) is 5.79. The molecule has 1 aromatic carbocycles. The van der Waals surface area contributed by atoms with Crippen LogP contribution in [0.25, 0.3) is 0 Å². The van der Waals surface area contributed by atoms with Gasteiger partial charge in [-0.25, -0.2) is 0 Å². The topological polar surface area (TPSA) is 40.2 Å². The van der Waals surface area contributed by atoms with Gasteiger partial charge in [0.25, 0.3) is 12.4 Å². The van der Waals surface area contributed by atoms with Crippen LogP contribution in [0.2, 0.25) is 0 Å². The SMILES string of the molecule is O=[N+]1C=C[N+](=O)c2ccccc21. The van der Waals surface area contributed by atoms with Crippen molar-refractivity contribution in [2.45, 2.75) is 0 Å². The standard InChI is InChI=1S/C8H6N2O2/c11-9-5-6-10(12)8-4-2-1-3-7(8)9/h1-6H/q+2. The van der Waals surface area contributed by atoms with Gasteiger partial charge in [0.05, 0.1) is 9.52 Å². The Hall–Kier alpha value is -1.84. The maximum atomic E-state index is 11.1. The number of hydrogen-bond donors (Lipinski definition) is 0. The average Bonchev–Trinajstić information content (AvgIpc) is 2.12. The van der Waals surface area contributed by atoms with E-state index in [1.165, 1.54) is 12.4 Å². The van der Waals surface area contributed by atoms with Gasteiger partial charge in [0, 0.05) is 21.9 Å². The molecule has 0 atom stereocenters. The largest absolute Gasteiger partial charge is 0.338 e. The highest BCUT2D eigenvalue weighted by Gasteiger charge is 2.32. The third-order valence-corrected chi connectivity index (χ3v) is 1.69. The lowest BCUT2D eigenvalue weighted by Gasteiger charge is -1.92. The minimum absolute atomic E-state index is 0.384. The summed E-state index contributed by atoms with van der Waals surface area (Å²) in [7, 11) is 0. The van der Waals surface area contributed by atoms with Gasteiger partial charge >= 0.3 is 11.4 Å². The van der Waals surface area contributed by atoms with Crippen LogP contribution in [0.15, 0.2) is 36.7 Å². The fourth-order valence-corrected chi connectivity index (χ4v) is 1.12. The summed E-state index contributed by atoms with van der Waals surface area (Å²) in [5.41, 5.74) is 0.769. The van der Waals surface area contributed by atoms with E-state index in [2.05, 4.69) is 0 Å². The van der Waals surface area contributed by atoms with Crippen LogP contribution in [-0.2, 0) is 0 Å². The lowest BCUT2D eigenvalue weighted by atomic mass is 10.2. The molecule has 0 fully saturated rings. The number of rotatable bonds is 0. The van der Waals surface area contributed by atoms with E-state index in [-0.39, 0.29) is 0 Å². The smallest absolute Gasteiger partial charge is 0.0549 e. The van der Waals surface area contributed by atoms with Crippen molar-refractivity contribution in [2.24, 2.45) is 0 Å². The van der Waals surface area contributed by atoms with Crippen molar-refractivity contribution < 1.29 is 9.52 Å². The summed E-state index contributed by atoms with van der Waals surface area (Å²) in [6.07, 6.45) is 2.38. The Morgan fingerprint density at radius 2 is 1.25 bits per heavy atom. The molecule has 0 aliphatic carbocycles. The summed E-state index contributed by atoms with van der Waals surface area (Å²) < 4.78 is 1.34. The predicted molar refractivity (Wildman–Crippen MR) is 42.2 cm³/mol. The molecule has 0 N–H and O–H groups in total. The van der Waals surface area contributed by atoms with Crippen LogP contribution < -0.4 is 0 Å². The van der Waals surface area contributed by atoms with E-state index in [1.807, 2.05) is 0 Å². The van der Waals surface area contributed by atoms with Crippen LogP contribution >= 0.6 is 0 Å². The van der Waals surface area contributed by atoms with E-state index in [9.17, 15) is 9.81 Å². The van der Waals surface area contributed by atoms with Gasteiger partial charge in [-0.3, -0.25) is 0 Å². The molecule has 0 saturated carbocycles. The molecule has 4 nitrogen and oxygen atoms in total. The molecular weight excluding hydrogens is 156 g/mol. The van der Waals surface area contributed by atoms with Crippen LogP contribution in [0.4, 0.5) is 11.4 Å². The van der Waals surface area contributed by atoms with E-state index in [0.717, 1.165) is 0 Å². The Labute approximate surface area is 68.3 Å². The van der Waals surface area contributed by atoms with Crippen LogP contribution in [0.3, 0.4) is 0 Å². The van der Waals surface area contributed by atoms with Gasteiger partial charge in [-0.1, -0.05) is 12.1 Å². The van der Waals surface area contributed by atoms with Crippen molar-refractivity contribution in [3.8, 4) is 0 Å². The highest BCUT2D eigenvalue weighted by atomic mass is 16.3. The normalized spacial score (nSPS) is 14.7. The van der Waals surface area contributed by atoms with Crippen LogP contribution in [0.1, 0.15) is 0 Å². The van der Waals surface area contributed by atoms with Gasteiger partial charge in [-0.15, -0.1) is 0 Å². The van der Waals surface area contributed by atoms with Gasteiger partial charge in [-0.2, -0.15) is 0 Å². The Kier molecular flexibility index (Phi) is 1.33. The van der Waals surface area contributed by atoms with Crippen LogP contribution in [0.5, 0.6) is 0 Å². The van der Waals surface area contributed by atoms with Crippen molar-refractivity contribution in [1.82, 2.24) is 0 Å². The monoisotopic (exact) mass is 162 g/mol. The molecule has 0 saturated heterocycles. The molecule has 0 spiro atoms. The summed E-state index contributed by atoms with van der Waals surface area (Å²) in [6, 6.07) is 6.65. The molecule has 1 aliphatic rings. The van der Waals surface area contributed by atoms with Gasteiger partial charge in [0.1, 0.15) is 0 Å². The summed E-state index contributed by atoms with van der Waals surface area (Å²) in [4.78, 5) is 22.2. The molecule has 1 aliphatic heterocycles. The zero-order valence-electron chi connectivity index (χ0n) is 6.18.